The predicted molar refractivity (Wildman–Crippen MR) is 74.9 cm³/mol. The van der Waals surface area contributed by atoms with Gasteiger partial charge in [0.1, 0.15) is 5.82 Å². The molecule has 0 radical (unpaired) electrons. The van der Waals surface area contributed by atoms with Crippen molar-refractivity contribution in [2.75, 3.05) is 0 Å². The van der Waals surface area contributed by atoms with Gasteiger partial charge in [-0.3, -0.25) is 0 Å². The SMILES string of the molecule is Cn1ccnc1CC(O)C1CCc2ccccc2C1. The second-order valence-corrected chi connectivity index (χ2v) is 5.50. The van der Waals surface area contributed by atoms with E-state index in [1.165, 1.54) is 11.1 Å². The molecule has 0 amide bonds. The second-order valence-electron chi connectivity index (χ2n) is 5.50. The van der Waals surface area contributed by atoms with Gasteiger partial charge in [0.15, 0.2) is 0 Å². The van der Waals surface area contributed by atoms with Crippen LogP contribution in [0.2, 0.25) is 0 Å². The highest BCUT2D eigenvalue weighted by atomic mass is 16.3. The molecule has 3 nitrogen and oxygen atoms in total. The fourth-order valence-electron chi connectivity index (χ4n) is 3.00. The number of aliphatic hydroxyl groups is 1. The minimum Gasteiger partial charge on any atom is -0.392 e. The van der Waals surface area contributed by atoms with Gasteiger partial charge in [-0.15, -0.1) is 0 Å². The lowest BCUT2D eigenvalue weighted by atomic mass is 9.80. The third-order valence-electron chi connectivity index (χ3n) is 4.24. The van der Waals surface area contributed by atoms with Crippen LogP contribution in [0, 0.1) is 5.92 Å². The highest BCUT2D eigenvalue weighted by Crippen LogP contribution is 2.28. The summed E-state index contributed by atoms with van der Waals surface area (Å²) < 4.78 is 1.99. The largest absolute Gasteiger partial charge is 0.392 e. The Morgan fingerprint density at radius 1 is 1.37 bits per heavy atom. The quantitative estimate of drug-likeness (QED) is 0.913. The number of hydrogen-bond donors (Lipinski definition) is 1. The first kappa shape index (κ1) is 12.4. The standard InChI is InChI=1S/C16H20N2O/c1-18-9-8-17-16(18)11-15(19)14-7-6-12-4-2-3-5-13(12)10-14/h2-5,8-9,14-15,19H,6-7,10-11H2,1H3. The summed E-state index contributed by atoms with van der Waals surface area (Å²) in [6, 6.07) is 8.58. The molecule has 1 aromatic carbocycles. The molecule has 3 rings (SSSR count). The van der Waals surface area contributed by atoms with Crippen LogP contribution < -0.4 is 0 Å². The number of rotatable bonds is 3. The first-order chi connectivity index (χ1) is 9.24. The van der Waals surface area contributed by atoms with E-state index in [9.17, 15) is 5.11 Å². The van der Waals surface area contributed by atoms with Crippen molar-refractivity contribution in [2.24, 2.45) is 13.0 Å². The van der Waals surface area contributed by atoms with Crippen molar-refractivity contribution in [3.8, 4) is 0 Å². The van der Waals surface area contributed by atoms with Gasteiger partial charge >= 0.3 is 0 Å². The van der Waals surface area contributed by atoms with Crippen molar-refractivity contribution in [1.82, 2.24) is 9.55 Å². The molecule has 0 saturated heterocycles. The molecule has 1 aromatic heterocycles. The summed E-state index contributed by atoms with van der Waals surface area (Å²) in [6.07, 6.45) is 7.21. The van der Waals surface area contributed by atoms with E-state index in [1.807, 2.05) is 17.8 Å². The Morgan fingerprint density at radius 3 is 2.89 bits per heavy atom. The van der Waals surface area contributed by atoms with Crippen LogP contribution in [0.1, 0.15) is 23.4 Å². The first-order valence-corrected chi connectivity index (χ1v) is 6.95. The van der Waals surface area contributed by atoms with Crippen molar-refractivity contribution >= 4 is 0 Å². The molecular formula is C16H20N2O. The highest BCUT2D eigenvalue weighted by molar-refractivity contribution is 5.29. The molecule has 1 aliphatic rings. The van der Waals surface area contributed by atoms with E-state index in [-0.39, 0.29) is 6.10 Å². The predicted octanol–water partition coefficient (Wildman–Crippen LogP) is 2.13. The van der Waals surface area contributed by atoms with Gasteiger partial charge in [0.05, 0.1) is 6.10 Å². The van der Waals surface area contributed by atoms with E-state index in [4.69, 9.17) is 0 Å². The van der Waals surface area contributed by atoms with E-state index < -0.39 is 0 Å². The van der Waals surface area contributed by atoms with E-state index in [0.717, 1.165) is 25.1 Å². The molecule has 100 valence electrons. The Morgan fingerprint density at radius 2 is 2.16 bits per heavy atom. The normalized spacial score (nSPS) is 20.0. The minimum atomic E-state index is -0.297. The Kier molecular flexibility index (Phi) is 3.38. The maximum Gasteiger partial charge on any atom is 0.110 e. The van der Waals surface area contributed by atoms with Crippen LogP contribution in [-0.4, -0.2) is 20.8 Å². The number of benzene rings is 1. The van der Waals surface area contributed by atoms with Gasteiger partial charge in [0.25, 0.3) is 0 Å². The Labute approximate surface area is 113 Å². The number of aromatic nitrogens is 2. The van der Waals surface area contributed by atoms with Crippen molar-refractivity contribution in [3.05, 3.63) is 53.6 Å². The van der Waals surface area contributed by atoms with E-state index in [0.29, 0.717) is 12.3 Å². The smallest absolute Gasteiger partial charge is 0.110 e. The maximum atomic E-state index is 10.4. The zero-order chi connectivity index (χ0) is 13.2. The number of hydrogen-bond acceptors (Lipinski definition) is 2. The van der Waals surface area contributed by atoms with Crippen molar-refractivity contribution < 1.29 is 5.11 Å². The Bertz CT molecular complexity index is 561. The van der Waals surface area contributed by atoms with Crippen LogP contribution in [0.15, 0.2) is 36.7 Å². The van der Waals surface area contributed by atoms with Gasteiger partial charge < -0.3 is 9.67 Å². The summed E-state index contributed by atoms with van der Waals surface area (Å²) in [7, 11) is 1.98. The first-order valence-electron chi connectivity index (χ1n) is 6.95. The lowest BCUT2D eigenvalue weighted by Gasteiger charge is -2.28. The molecule has 2 atom stereocenters. The van der Waals surface area contributed by atoms with Gasteiger partial charge in [-0.2, -0.15) is 0 Å². The van der Waals surface area contributed by atoms with Gasteiger partial charge in [-0.05, 0) is 36.3 Å². The van der Waals surface area contributed by atoms with Crippen LogP contribution in [0.5, 0.6) is 0 Å². The summed E-state index contributed by atoms with van der Waals surface area (Å²) in [5.74, 6) is 1.32. The molecule has 2 unspecified atom stereocenters. The minimum absolute atomic E-state index is 0.297. The van der Waals surface area contributed by atoms with Gasteiger partial charge in [0.2, 0.25) is 0 Å². The molecule has 0 saturated carbocycles. The Hall–Kier alpha value is -1.61. The Balaban J connectivity index is 1.69. The fourth-order valence-corrected chi connectivity index (χ4v) is 3.00. The molecule has 2 aromatic rings. The number of fused-ring (bicyclic) bond motifs is 1. The van der Waals surface area contributed by atoms with E-state index >= 15 is 0 Å². The summed E-state index contributed by atoms with van der Waals surface area (Å²) in [6.45, 7) is 0. The third-order valence-corrected chi connectivity index (χ3v) is 4.24. The molecule has 1 heterocycles. The monoisotopic (exact) mass is 256 g/mol. The molecular weight excluding hydrogens is 236 g/mol. The molecule has 19 heavy (non-hydrogen) atoms. The summed E-state index contributed by atoms with van der Waals surface area (Å²) >= 11 is 0. The number of nitrogens with zero attached hydrogens (tertiary/aromatic N) is 2. The molecule has 3 heteroatoms. The fraction of sp³-hybridized carbons (Fsp3) is 0.438. The van der Waals surface area contributed by atoms with Crippen molar-refractivity contribution in [1.29, 1.82) is 0 Å². The van der Waals surface area contributed by atoms with Crippen LogP contribution in [0.3, 0.4) is 0 Å². The molecule has 1 aliphatic carbocycles. The van der Waals surface area contributed by atoms with Gasteiger partial charge in [-0.1, -0.05) is 24.3 Å². The number of imidazole rings is 1. The van der Waals surface area contributed by atoms with E-state index in [1.54, 1.807) is 6.20 Å². The average Bonchev–Trinajstić information content (AvgIpc) is 2.84. The zero-order valence-corrected chi connectivity index (χ0v) is 11.3. The molecule has 0 fully saturated rings. The third kappa shape index (κ3) is 2.56. The van der Waals surface area contributed by atoms with Crippen LogP contribution >= 0.6 is 0 Å². The van der Waals surface area contributed by atoms with Crippen LogP contribution in [-0.2, 0) is 26.3 Å². The highest BCUT2D eigenvalue weighted by Gasteiger charge is 2.25. The number of aryl methyl sites for hydroxylation is 2. The zero-order valence-electron chi connectivity index (χ0n) is 11.3. The second kappa shape index (κ2) is 5.17. The van der Waals surface area contributed by atoms with E-state index in [2.05, 4.69) is 29.2 Å². The molecule has 0 aliphatic heterocycles. The summed E-state index contributed by atoms with van der Waals surface area (Å²) in [5, 5.41) is 10.4. The lowest BCUT2D eigenvalue weighted by molar-refractivity contribution is 0.0967. The number of aliphatic hydroxyl groups excluding tert-OH is 1. The van der Waals surface area contributed by atoms with Gasteiger partial charge in [0, 0.05) is 25.9 Å². The van der Waals surface area contributed by atoms with Gasteiger partial charge in [-0.25, -0.2) is 4.98 Å². The van der Waals surface area contributed by atoms with Crippen molar-refractivity contribution in [2.45, 2.75) is 31.8 Å². The molecule has 1 N–H and O–H groups in total. The van der Waals surface area contributed by atoms with Crippen LogP contribution in [0.25, 0.3) is 0 Å². The maximum absolute atomic E-state index is 10.4. The topological polar surface area (TPSA) is 38.0 Å². The lowest BCUT2D eigenvalue weighted by Crippen LogP contribution is -2.29. The van der Waals surface area contributed by atoms with Crippen molar-refractivity contribution in [3.63, 3.8) is 0 Å². The summed E-state index contributed by atoms with van der Waals surface area (Å²) in [5.41, 5.74) is 2.85. The molecule has 0 spiro atoms. The average molecular weight is 256 g/mol. The van der Waals surface area contributed by atoms with Crippen LogP contribution in [0.4, 0.5) is 0 Å². The summed E-state index contributed by atoms with van der Waals surface area (Å²) in [4.78, 5) is 4.30. The molecule has 0 bridgehead atoms.